The zero-order valence-electron chi connectivity index (χ0n) is 9.30. The van der Waals surface area contributed by atoms with Crippen molar-refractivity contribution in [1.82, 2.24) is 0 Å². The van der Waals surface area contributed by atoms with Crippen LogP contribution in [0.4, 0.5) is 0 Å². The normalized spacial score (nSPS) is 15.3. The fourth-order valence-electron chi connectivity index (χ4n) is 2.10. The van der Waals surface area contributed by atoms with Crippen LogP contribution >= 0.6 is 0 Å². The minimum absolute atomic E-state index is 0.699. The lowest BCUT2D eigenvalue weighted by Gasteiger charge is -2.19. The number of aryl methyl sites for hydroxylation is 2. The van der Waals surface area contributed by atoms with E-state index in [1.165, 1.54) is 29.5 Å². The molecule has 0 radical (unpaired) electrons. The predicted octanol–water partition coefficient (Wildman–Crippen LogP) is 3.98. The number of fused-ring (bicyclic) bond motifs is 1. The maximum Gasteiger partial charge on any atom is -0.0225 e. The highest BCUT2D eigenvalue weighted by atomic mass is 14.2. The van der Waals surface area contributed by atoms with E-state index in [-0.39, 0.29) is 0 Å². The summed E-state index contributed by atoms with van der Waals surface area (Å²) in [5.41, 5.74) is 5.94. The van der Waals surface area contributed by atoms with Crippen molar-refractivity contribution >= 4 is 6.08 Å². The van der Waals surface area contributed by atoms with Crippen molar-refractivity contribution in [3.8, 4) is 0 Å². The van der Waals surface area contributed by atoms with Crippen molar-refractivity contribution in [1.29, 1.82) is 0 Å². The number of allylic oxidation sites excluding steroid dienone is 1. The number of rotatable bonds is 1. The van der Waals surface area contributed by atoms with Crippen molar-refractivity contribution in [2.24, 2.45) is 5.92 Å². The van der Waals surface area contributed by atoms with Gasteiger partial charge in [-0.1, -0.05) is 49.3 Å². The lowest BCUT2D eigenvalue weighted by atomic mass is 9.86. The van der Waals surface area contributed by atoms with Crippen LogP contribution in [0.25, 0.3) is 6.08 Å². The minimum atomic E-state index is 0.699. The van der Waals surface area contributed by atoms with Gasteiger partial charge in [0, 0.05) is 0 Å². The van der Waals surface area contributed by atoms with Crippen LogP contribution in [0.2, 0.25) is 0 Å². The summed E-state index contributed by atoms with van der Waals surface area (Å²) in [6.07, 6.45) is 4.85. The molecule has 1 aromatic rings. The Bertz CT molecular complexity index is 370. The summed E-state index contributed by atoms with van der Waals surface area (Å²) in [6.45, 7) is 6.73. The molecule has 0 nitrogen and oxygen atoms in total. The summed E-state index contributed by atoms with van der Waals surface area (Å²) >= 11 is 0. The third kappa shape index (κ3) is 1.75. The number of hydrogen-bond donors (Lipinski definition) is 0. The van der Waals surface area contributed by atoms with Gasteiger partial charge < -0.3 is 0 Å². The summed E-state index contributed by atoms with van der Waals surface area (Å²) in [4.78, 5) is 0. The second-order valence-electron chi connectivity index (χ2n) is 4.58. The van der Waals surface area contributed by atoms with E-state index in [2.05, 4.69) is 45.0 Å². The molecule has 0 saturated carbocycles. The molecule has 0 bridgehead atoms. The molecule has 0 unspecified atom stereocenters. The fourth-order valence-corrected chi connectivity index (χ4v) is 2.10. The summed E-state index contributed by atoms with van der Waals surface area (Å²) in [5.74, 6) is 0.699. The van der Waals surface area contributed by atoms with Gasteiger partial charge in [0.25, 0.3) is 0 Å². The average Bonchev–Trinajstić information content (AvgIpc) is 2.16. The number of benzene rings is 1. The Morgan fingerprint density at radius 2 is 1.93 bits per heavy atom. The summed E-state index contributed by atoms with van der Waals surface area (Å²) in [7, 11) is 0. The maximum atomic E-state index is 2.38. The largest absolute Gasteiger partial charge is 0.0667 e. The first kappa shape index (κ1) is 9.51. The van der Waals surface area contributed by atoms with E-state index in [4.69, 9.17) is 0 Å². The first-order valence-corrected chi connectivity index (χ1v) is 5.47. The molecule has 0 fully saturated rings. The standard InChI is InChI=1S/C14H18/c1-10(2)12-6-7-13-8-11(3)4-5-14(13)9-12/h4-5,8-10H,6-7H2,1-3H3. The van der Waals surface area contributed by atoms with Crippen LogP contribution in [-0.2, 0) is 6.42 Å². The highest BCUT2D eigenvalue weighted by Gasteiger charge is 2.12. The van der Waals surface area contributed by atoms with Crippen LogP contribution in [0.1, 0.15) is 37.0 Å². The lowest BCUT2D eigenvalue weighted by molar-refractivity contribution is 0.709. The summed E-state index contributed by atoms with van der Waals surface area (Å²) < 4.78 is 0. The maximum absolute atomic E-state index is 2.38. The van der Waals surface area contributed by atoms with E-state index >= 15 is 0 Å². The molecule has 0 heteroatoms. The zero-order valence-corrected chi connectivity index (χ0v) is 9.30. The molecule has 2 rings (SSSR count). The van der Waals surface area contributed by atoms with Gasteiger partial charge in [-0.2, -0.15) is 0 Å². The van der Waals surface area contributed by atoms with Crippen molar-refractivity contribution in [2.75, 3.05) is 0 Å². The van der Waals surface area contributed by atoms with Gasteiger partial charge in [-0.3, -0.25) is 0 Å². The van der Waals surface area contributed by atoms with Crippen LogP contribution in [-0.4, -0.2) is 0 Å². The third-order valence-electron chi connectivity index (χ3n) is 3.06. The molecule has 14 heavy (non-hydrogen) atoms. The first-order valence-electron chi connectivity index (χ1n) is 5.47. The van der Waals surface area contributed by atoms with Gasteiger partial charge in [-0.25, -0.2) is 0 Å². The van der Waals surface area contributed by atoms with Gasteiger partial charge in [0.15, 0.2) is 0 Å². The van der Waals surface area contributed by atoms with Gasteiger partial charge in [0.05, 0.1) is 0 Å². The molecule has 0 atom stereocenters. The van der Waals surface area contributed by atoms with Crippen molar-refractivity contribution in [3.63, 3.8) is 0 Å². The van der Waals surface area contributed by atoms with E-state index in [1.807, 2.05) is 0 Å². The van der Waals surface area contributed by atoms with Gasteiger partial charge in [-0.05, 0) is 36.8 Å². The molecule has 0 aliphatic heterocycles. The van der Waals surface area contributed by atoms with Crippen LogP contribution in [0.15, 0.2) is 23.8 Å². The van der Waals surface area contributed by atoms with Crippen LogP contribution in [0, 0.1) is 12.8 Å². The topological polar surface area (TPSA) is 0 Å². The second-order valence-corrected chi connectivity index (χ2v) is 4.58. The quantitative estimate of drug-likeness (QED) is 0.622. The molecule has 0 heterocycles. The lowest BCUT2D eigenvalue weighted by Crippen LogP contribution is -2.03. The molecule has 0 N–H and O–H groups in total. The fraction of sp³-hybridized carbons (Fsp3) is 0.429. The Balaban J connectivity index is 2.40. The SMILES string of the molecule is Cc1ccc2c(c1)CCC(C(C)C)=C2. The van der Waals surface area contributed by atoms with Gasteiger partial charge >= 0.3 is 0 Å². The second kappa shape index (κ2) is 3.61. The summed E-state index contributed by atoms with van der Waals surface area (Å²) in [6, 6.07) is 6.79. The van der Waals surface area contributed by atoms with E-state index in [0.717, 1.165) is 0 Å². The molecule has 1 aliphatic rings. The van der Waals surface area contributed by atoms with E-state index < -0.39 is 0 Å². The average molecular weight is 186 g/mol. The van der Waals surface area contributed by atoms with Gasteiger partial charge in [0.2, 0.25) is 0 Å². The molecular weight excluding hydrogens is 168 g/mol. The summed E-state index contributed by atoms with van der Waals surface area (Å²) in [5, 5.41) is 0. The molecule has 0 spiro atoms. The highest BCUT2D eigenvalue weighted by Crippen LogP contribution is 2.28. The Labute approximate surface area is 86.7 Å². The van der Waals surface area contributed by atoms with E-state index in [9.17, 15) is 0 Å². The molecule has 0 aromatic heterocycles. The molecule has 1 aliphatic carbocycles. The minimum Gasteiger partial charge on any atom is -0.0667 e. The van der Waals surface area contributed by atoms with Gasteiger partial charge in [0.1, 0.15) is 0 Å². The molecular formula is C14H18. The Morgan fingerprint density at radius 1 is 1.14 bits per heavy atom. The Kier molecular flexibility index (Phi) is 2.45. The first-order chi connectivity index (χ1) is 6.66. The number of hydrogen-bond acceptors (Lipinski definition) is 0. The van der Waals surface area contributed by atoms with Crippen LogP contribution < -0.4 is 0 Å². The smallest absolute Gasteiger partial charge is 0.0225 e. The van der Waals surface area contributed by atoms with Crippen molar-refractivity contribution in [2.45, 2.75) is 33.6 Å². The molecule has 1 aromatic carbocycles. The monoisotopic (exact) mass is 186 g/mol. The van der Waals surface area contributed by atoms with Crippen molar-refractivity contribution < 1.29 is 0 Å². The zero-order chi connectivity index (χ0) is 10.1. The van der Waals surface area contributed by atoms with Crippen LogP contribution in [0.5, 0.6) is 0 Å². The van der Waals surface area contributed by atoms with Crippen LogP contribution in [0.3, 0.4) is 0 Å². The van der Waals surface area contributed by atoms with E-state index in [1.54, 1.807) is 5.57 Å². The molecule has 0 saturated heterocycles. The Morgan fingerprint density at radius 3 is 2.64 bits per heavy atom. The van der Waals surface area contributed by atoms with Crippen molar-refractivity contribution in [3.05, 3.63) is 40.5 Å². The highest BCUT2D eigenvalue weighted by molar-refractivity contribution is 5.60. The molecule has 74 valence electrons. The predicted molar refractivity (Wildman–Crippen MR) is 62.3 cm³/mol. The molecule has 0 amide bonds. The third-order valence-corrected chi connectivity index (χ3v) is 3.06. The van der Waals surface area contributed by atoms with E-state index in [0.29, 0.717) is 5.92 Å². The van der Waals surface area contributed by atoms with Gasteiger partial charge in [-0.15, -0.1) is 0 Å². The Hall–Kier alpha value is -1.04.